The molecule has 0 heterocycles. The van der Waals surface area contributed by atoms with E-state index in [4.69, 9.17) is 4.74 Å². The molecule has 0 aromatic heterocycles. The van der Waals surface area contributed by atoms with E-state index in [0.717, 1.165) is 0 Å². The maximum Gasteiger partial charge on any atom is 0.312 e. The van der Waals surface area contributed by atoms with E-state index < -0.39 is 11.0 Å². The van der Waals surface area contributed by atoms with E-state index in [1.807, 2.05) is 6.92 Å². The van der Waals surface area contributed by atoms with Crippen LogP contribution < -0.4 is 4.74 Å². The van der Waals surface area contributed by atoms with Crippen molar-refractivity contribution in [1.29, 1.82) is 0 Å². The van der Waals surface area contributed by atoms with E-state index >= 15 is 0 Å². The van der Waals surface area contributed by atoms with Gasteiger partial charge in [-0.3, -0.25) is 10.1 Å². The first-order valence-electron chi connectivity index (χ1n) is 5.37. The summed E-state index contributed by atoms with van der Waals surface area (Å²) in [6, 6.07) is 2.97. The van der Waals surface area contributed by atoms with Crippen molar-refractivity contribution in [3.05, 3.63) is 44.4 Å². The zero-order valence-corrected chi connectivity index (χ0v) is 11.7. The molecule has 1 unspecified atom stereocenters. The van der Waals surface area contributed by atoms with Gasteiger partial charge < -0.3 is 9.84 Å². The number of aliphatic hydroxyl groups excluding tert-OH is 1. The number of halogens is 1. The van der Waals surface area contributed by atoms with Gasteiger partial charge in [0.25, 0.3) is 0 Å². The summed E-state index contributed by atoms with van der Waals surface area (Å²) in [5.74, 6) is 0.108. The number of ether oxygens (including phenoxy) is 1. The van der Waals surface area contributed by atoms with Crippen LogP contribution in [0.4, 0.5) is 5.69 Å². The van der Waals surface area contributed by atoms with Gasteiger partial charge in [-0.1, -0.05) is 28.1 Å². The smallest absolute Gasteiger partial charge is 0.312 e. The maximum atomic E-state index is 11.0. The molecular weight excluding hydrogens is 302 g/mol. The van der Waals surface area contributed by atoms with Crippen LogP contribution in [-0.2, 0) is 0 Å². The number of aliphatic hydroxyl groups is 1. The summed E-state index contributed by atoms with van der Waals surface area (Å²) in [6.45, 7) is 3.58. The van der Waals surface area contributed by atoms with E-state index in [0.29, 0.717) is 10.0 Å². The lowest BCUT2D eigenvalue weighted by atomic mass is 10.1. The van der Waals surface area contributed by atoms with Crippen LogP contribution in [0.25, 0.3) is 0 Å². The normalized spacial score (nSPS) is 12.7. The second-order valence-electron chi connectivity index (χ2n) is 3.66. The van der Waals surface area contributed by atoms with Crippen LogP contribution in [0.1, 0.15) is 25.5 Å². The lowest BCUT2D eigenvalue weighted by Gasteiger charge is -2.13. The Morgan fingerprint density at radius 1 is 1.61 bits per heavy atom. The molecule has 1 rings (SSSR count). The molecule has 0 aliphatic rings. The molecule has 0 amide bonds. The first-order chi connectivity index (χ1) is 8.47. The second-order valence-corrected chi connectivity index (χ2v) is 4.57. The zero-order chi connectivity index (χ0) is 13.7. The molecule has 5 nitrogen and oxygen atoms in total. The molecule has 18 heavy (non-hydrogen) atoms. The second kappa shape index (κ2) is 6.51. The molecule has 0 saturated carbocycles. The molecule has 0 radical (unpaired) electrons. The lowest BCUT2D eigenvalue weighted by Crippen LogP contribution is -2.04. The van der Waals surface area contributed by atoms with Crippen LogP contribution in [0.15, 0.2) is 28.8 Å². The molecule has 98 valence electrons. The number of allylic oxidation sites excluding steroid dienone is 1. The lowest BCUT2D eigenvalue weighted by molar-refractivity contribution is -0.386. The quantitative estimate of drug-likeness (QED) is 0.513. The van der Waals surface area contributed by atoms with Crippen molar-refractivity contribution in [1.82, 2.24) is 0 Å². The predicted molar refractivity (Wildman–Crippen MR) is 71.7 cm³/mol. The van der Waals surface area contributed by atoms with Gasteiger partial charge in [0.1, 0.15) is 6.61 Å². The van der Waals surface area contributed by atoms with Crippen molar-refractivity contribution in [2.45, 2.75) is 20.0 Å². The molecule has 1 aromatic rings. The molecule has 0 fully saturated rings. The third-order valence-electron chi connectivity index (χ3n) is 2.27. The van der Waals surface area contributed by atoms with Crippen molar-refractivity contribution in [2.24, 2.45) is 0 Å². The van der Waals surface area contributed by atoms with Crippen molar-refractivity contribution >= 4 is 21.6 Å². The predicted octanol–water partition coefficient (Wildman–Crippen LogP) is 3.37. The molecule has 1 N–H and O–H groups in total. The van der Waals surface area contributed by atoms with Gasteiger partial charge in [-0.15, -0.1) is 0 Å². The Hall–Kier alpha value is -1.40. The average molecular weight is 316 g/mol. The Labute approximate surface area is 113 Å². The van der Waals surface area contributed by atoms with E-state index in [-0.39, 0.29) is 18.0 Å². The van der Waals surface area contributed by atoms with Gasteiger partial charge in [0.15, 0.2) is 0 Å². The van der Waals surface area contributed by atoms with Crippen LogP contribution >= 0.6 is 15.9 Å². The maximum absolute atomic E-state index is 11.0. The Morgan fingerprint density at radius 3 is 2.78 bits per heavy atom. The number of nitro groups is 1. The molecule has 0 aliphatic carbocycles. The highest BCUT2D eigenvalue weighted by molar-refractivity contribution is 9.10. The minimum atomic E-state index is -0.846. The number of benzene rings is 1. The van der Waals surface area contributed by atoms with Crippen LogP contribution in [0, 0.1) is 10.1 Å². The number of hydrogen-bond donors (Lipinski definition) is 1. The summed E-state index contributed by atoms with van der Waals surface area (Å²) in [5.41, 5.74) is 0.227. The topological polar surface area (TPSA) is 72.6 Å². The van der Waals surface area contributed by atoms with E-state index in [1.54, 1.807) is 18.2 Å². The number of hydrogen-bond acceptors (Lipinski definition) is 4. The van der Waals surface area contributed by atoms with Crippen LogP contribution in [-0.4, -0.2) is 16.6 Å². The average Bonchev–Trinajstić information content (AvgIpc) is 2.30. The Balaban J connectivity index is 3.27. The van der Waals surface area contributed by atoms with Crippen molar-refractivity contribution in [3.63, 3.8) is 0 Å². The van der Waals surface area contributed by atoms with Gasteiger partial charge in [-0.2, -0.15) is 0 Å². The molecule has 0 saturated heterocycles. The fraction of sp³-hybridized carbons (Fsp3) is 0.333. The van der Waals surface area contributed by atoms with Crippen LogP contribution in [0.5, 0.6) is 5.75 Å². The monoisotopic (exact) mass is 315 g/mol. The summed E-state index contributed by atoms with van der Waals surface area (Å²) in [4.78, 5) is 10.5. The Bertz CT molecular complexity index is 471. The van der Waals surface area contributed by atoms with Gasteiger partial charge in [0.05, 0.1) is 11.0 Å². The van der Waals surface area contributed by atoms with Gasteiger partial charge in [0, 0.05) is 16.1 Å². The van der Waals surface area contributed by atoms with Crippen molar-refractivity contribution in [3.8, 4) is 5.75 Å². The minimum absolute atomic E-state index is 0.108. The molecule has 1 atom stereocenters. The molecule has 6 heteroatoms. The Kier molecular flexibility index (Phi) is 5.30. The first kappa shape index (κ1) is 14.7. The van der Waals surface area contributed by atoms with E-state index in [2.05, 4.69) is 15.9 Å². The fourth-order valence-electron chi connectivity index (χ4n) is 1.43. The molecule has 1 aromatic carbocycles. The van der Waals surface area contributed by atoms with Gasteiger partial charge in [0.2, 0.25) is 5.75 Å². The molecule has 0 bridgehead atoms. The summed E-state index contributed by atoms with van der Waals surface area (Å²) < 4.78 is 5.91. The largest absolute Gasteiger partial charge is 0.482 e. The number of nitro benzene ring substituents is 1. The highest BCUT2D eigenvalue weighted by Crippen LogP contribution is 2.37. The number of nitrogens with zero attached hydrogens (tertiary/aromatic N) is 1. The standard InChI is InChI=1S/C12H14BrNO4/c1-3-4-5-18-12-10(8(2)15)6-9(13)7-11(12)14(16)17/h3-4,6-8,15H,5H2,1-2H3/b4-3+. The SMILES string of the molecule is C/C=C/COc1c(C(C)O)cc(Br)cc1[N+](=O)[O-]. The van der Waals surface area contributed by atoms with E-state index in [1.165, 1.54) is 13.0 Å². The Morgan fingerprint density at radius 2 is 2.28 bits per heavy atom. The minimum Gasteiger partial charge on any atom is -0.482 e. The van der Waals surface area contributed by atoms with E-state index in [9.17, 15) is 15.2 Å². The van der Waals surface area contributed by atoms with Crippen molar-refractivity contribution < 1.29 is 14.8 Å². The fourth-order valence-corrected chi connectivity index (χ4v) is 1.89. The van der Waals surface area contributed by atoms with Gasteiger partial charge in [-0.25, -0.2) is 0 Å². The first-order valence-corrected chi connectivity index (χ1v) is 6.16. The molecular formula is C12H14BrNO4. The molecule has 0 spiro atoms. The highest BCUT2D eigenvalue weighted by Gasteiger charge is 2.22. The third kappa shape index (κ3) is 3.54. The van der Waals surface area contributed by atoms with Crippen LogP contribution in [0.2, 0.25) is 0 Å². The summed E-state index contributed by atoms with van der Waals surface area (Å²) in [5, 5.41) is 20.6. The zero-order valence-electron chi connectivity index (χ0n) is 10.1. The number of rotatable bonds is 5. The summed E-state index contributed by atoms with van der Waals surface area (Å²) in [7, 11) is 0. The summed E-state index contributed by atoms with van der Waals surface area (Å²) in [6.07, 6.45) is 2.67. The van der Waals surface area contributed by atoms with Gasteiger partial charge >= 0.3 is 5.69 Å². The highest BCUT2D eigenvalue weighted by atomic mass is 79.9. The molecule has 0 aliphatic heterocycles. The summed E-state index contributed by atoms with van der Waals surface area (Å²) >= 11 is 3.18. The van der Waals surface area contributed by atoms with Crippen LogP contribution in [0.3, 0.4) is 0 Å². The third-order valence-corrected chi connectivity index (χ3v) is 2.73. The van der Waals surface area contributed by atoms with Crippen molar-refractivity contribution in [2.75, 3.05) is 6.61 Å². The van der Waals surface area contributed by atoms with Gasteiger partial charge in [-0.05, 0) is 19.9 Å².